The Bertz CT molecular complexity index is 1140. The molecule has 0 saturated carbocycles. The highest BCUT2D eigenvalue weighted by atomic mass is 32.2. The molecule has 3 aliphatic rings. The minimum absolute atomic E-state index is 0.00778. The van der Waals surface area contributed by atoms with E-state index < -0.39 is 0 Å². The maximum atomic E-state index is 12.5. The van der Waals surface area contributed by atoms with Gasteiger partial charge in [0, 0.05) is 60.9 Å². The topological polar surface area (TPSA) is 56.2 Å². The van der Waals surface area contributed by atoms with Crippen molar-refractivity contribution in [3.63, 3.8) is 0 Å². The summed E-state index contributed by atoms with van der Waals surface area (Å²) in [6.07, 6.45) is 3.72. The van der Waals surface area contributed by atoms with Gasteiger partial charge in [-0.05, 0) is 49.4 Å². The molecule has 36 heavy (non-hydrogen) atoms. The quantitative estimate of drug-likeness (QED) is 0.400. The van der Waals surface area contributed by atoms with E-state index in [1.807, 2.05) is 0 Å². The van der Waals surface area contributed by atoms with Crippen LogP contribution in [0, 0.1) is 5.41 Å². The first-order valence-corrected chi connectivity index (χ1v) is 14.0. The van der Waals surface area contributed by atoms with Crippen molar-refractivity contribution in [2.45, 2.75) is 55.7 Å². The number of benzene rings is 2. The Balaban J connectivity index is 1.14. The molecule has 0 unspecified atom stereocenters. The lowest BCUT2D eigenvalue weighted by Gasteiger charge is -2.37. The number of aliphatic imine (C=N–C) groups is 1. The molecule has 2 amide bonds. The van der Waals surface area contributed by atoms with E-state index in [4.69, 9.17) is 4.99 Å². The van der Waals surface area contributed by atoms with Gasteiger partial charge >= 0.3 is 0 Å². The monoisotopic (exact) mass is 504 g/mol. The largest absolute Gasteiger partial charge is 0.354 e. The second-order valence-electron chi connectivity index (χ2n) is 10.5. The fourth-order valence-corrected chi connectivity index (χ4v) is 6.34. The molecule has 0 N–H and O–H groups in total. The predicted molar refractivity (Wildman–Crippen MR) is 145 cm³/mol. The SMILES string of the molecule is CCC1(C)CC(=O)N(CCCCN2CCN(C3=Nc4ccccc4Sc4ccccc43)CC2)C(=O)C1. The second-order valence-corrected chi connectivity index (χ2v) is 11.6. The van der Waals surface area contributed by atoms with Crippen molar-refractivity contribution in [2.24, 2.45) is 10.4 Å². The highest BCUT2D eigenvalue weighted by molar-refractivity contribution is 7.99. The molecule has 3 aliphatic heterocycles. The minimum Gasteiger partial charge on any atom is -0.354 e. The number of nitrogens with zero attached hydrogens (tertiary/aromatic N) is 4. The summed E-state index contributed by atoms with van der Waals surface area (Å²) in [5.41, 5.74) is 2.09. The number of hydrogen-bond acceptors (Lipinski definition) is 6. The summed E-state index contributed by atoms with van der Waals surface area (Å²) in [6.45, 7) is 9.54. The van der Waals surface area contributed by atoms with E-state index in [1.54, 1.807) is 11.8 Å². The van der Waals surface area contributed by atoms with Crippen LogP contribution in [0.1, 0.15) is 51.5 Å². The molecule has 5 rings (SSSR count). The second kappa shape index (κ2) is 10.8. The van der Waals surface area contributed by atoms with Crippen molar-refractivity contribution >= 4 is 35.1 Å². The average molecular weight is 505 g/mol. The van der Waals surface area contributed by atoms with Crippen molar-refractivity contribution < 1.29 is 9.59 Å². The van der Waals surface area contributed by atoms with E-state index >= 15 is 0 Å². The van der Waals surface area contributed by atoms with Crippen LogP contribution in [-0.2, 0) is 9.59 Å². The van der Waals surface area contributed by atoms with Gasteiger partial charge in [-0.1, -0.05) is 55.9 Å². The smallest absolute Gasteiger partial charge is 0.229 e. The van der Waals surface area contributed by atoms with E-state index in [1.165, 1.54) is 20.3 Å². The molecule has 0 spiro atoms. The molecule has 7 heteroatoms. The van der Waals surface area contributed by atoms with Crippen LogP contribution in [-0.4, -0.2) is 71.6 Å². The highest BCUT2D eigenvalue weighted by Crippen LogP contribution is 2.40. The van der Waals surface area contributed by atoms with Crippen LogP contribution in [0.15, 0.2) is 63.3 Å². The molecular formula is C29H36N4O2S. The van der Waals surface area contributed by atoms with Crippen LogP contribution in [0.2, 0.25) is 0 Å². The molecule has 3 heterocycles. The van der Waals surface area contributed by atoms with E-state index in [2.05, 4.69) is 72.2 Å². The van der Waals surface area contributed by atoms with Crippen molar-refractivity contribution in [3.8, 4) is 0 Å². The van der Waals surface area contributed by atoms with Crippen LogP contribution >= 0.6 is 11.8 Å². The molecule has 2 aromatic rings. The number of carbonyl (C=O) groups is 2. The Kier molecular flexibility index (Phi) is 7.49. The summed E-state index contributed by atoms with van der Waals surface area (Å²) in [5, 5.41) is 0. The number of hydrogen-bond donors (Lipinski definition) is 0. The first-order valence-electron chi connectivity index (χ1n) is 13.2. The number of rotatable bonds is 6. The number of piperidine rings is 1. The Morgan fingerprint density at radius 3 is 2.22 bits per heavy atom. The van der Waals surface area contributed by atoms with Crippen LogP contribution < -0.4 is 0 Å². The van der Waals surface area contributed by atoms with Crippen LogP contribution in [0.4, 0.5) is 5.69 Å². The zero-order valence-corrected chi connectivity index (χ0v) is 22.2. The Morgan fingerprint density at radius 1 is 0.861 bits per heavy atom. The van der Waals surface area contributed by atoms with Crippen molar-refractivity contribution in [3.05, 3.63) is 54.1 Å². The van der Waals surface area contributed by atoms with Gasteiger partial charge in [0.2, 0.25) is 11.8 Å². The Morgan fingerprint density at radius 2 is 1.50 bits per heavy atom. The minimum atomic E-state index is -0.159. The molecule has 2 saturated heterocycles. The number of fused-ring (bicyclic) bond motifs is 2. The summed E-state index contributed by atoms with van der Waals surface area (Å²) >= 11 is 1.79. The summed E-state index contributed by atoms with van der Waals surface area (Å²) < 4.78 is 0. The number of amidine groups is 1. The molecule has 6 nitrogen and oxygen atoms in total. The lowest BCUT2D eigenvalue weighted by molar-refractivity contribution is -0.153. The van der Waals surface area contributed by atoms with Crippen LogP contribution in [0.5, 0.6) is 0 Å². The maximum absolute atomic E-state index is 12.5. The lowest BCUT2D eigenvalue weighted by Crippen LogP contribution is -2.49. The van der Waals surface area contributed by atoms with Gasteiger partial charge in [0.15, 0.2) is 0 Å². The van der Waals surface area contributed by atoms with Crippen molar-refractivity contribution in [1.82, 2.24) is 14.7 Å². The summed E-state index contributed by atoms with van der Waals surface area (Å²) in [7, 11) is 0. The number of carbonyl (C=O) groups excluding carboxylic acids is 2. The maximum Gasteiger partial charge on any atom is 0.229 e. The third-order valence-corrected chi connectivity index (χ3v) is 8.97. The van der Waals surface area contributed by atoms with Crippen LogP contribution in [0.3, 0.4) is 0 Å². The lowest BCUT2D eigenvalue weighted by atomic mass is 9.77. The van der Waals surface area contributed by atoms with E-state index in [0.29, 0.717) is 19.4 Å². The van der Waals surface area contributed by atoms with Gasteiger partial charge in [0.1, 0.15) is 5.84 Å². The van der Waals surface area contributed by atoms with Gasteiger partial charge in [-0.2, -0.15) is 0 Å². The van der Waals surface area contributed by atoms with Gasteiger partial charge in [0.05, 0.1) is 5.69 Å². The normalized spacial score (nSPS) is 20.0. The summed E-state index contributed by atoms with van der Waals surface area (Å²) in [5.74, 6) is 1.09. The molecule has 190 valence electrons. The molecule has 0 radical (unpaired) electrons. The highest BCUT2D eigenvalue weighted by Gasteiger charge is 2.38. The molecule has 2 fully saturated rings. The first-order chi connectivity index (χ1) is 17.5. The van der Waals surface area contributed by atoms with Gasteiger partial charge in [-0.15, -0.1) is 0 Å². The molecule has 0 aromatic heterocycles. The number of piperazine rings is 1. The van der Waals surface area contributed by atoms with E-state index in [0.717, 1.165) is 63.5 Å². The first kappa shape index (κ1) is 25.0. The summed E-state index contributed by atoms with van der Waals surface area (Å²) in [6, 6.07) is 17.0. The Labute approximate surface area is 218 Å². The van der Waals surface area contributed by atoms with Gasteiger partial charge in [0.25, 0.3) is 0 Å². The number of imide groups is 1. The standard InChI is InChI=1S/C29H36N4O2S/c1-3-29(2)20-26(34)33(27(35)21-29)15-9-8-14-31-16-18-32(19-17-31)28-22-10-4-6-12-24(22)36-25-13-7-5-11-23(25)30-28/h4-7,10-13H,3,8-9,14-21H2,1-2H3. The van der Waals surface area contributed by atoms with Crippen molar-refractivity contribution in [2.75, 3.05) is 39.3 Å². The molecule has 0 aliphatic carbocycles. The van der Waals surface area contributed by atoms with Crippen molar-refractivity contribution in [1.29, 1.82) is 0 Å². The zero-order valence-electron chi connectivity index (χ0n) is 21.4. The van der Waals surface area contributed by atoms with E-state index in [-0.39, 0.29) is 17.2 Å². The molecule has 2 aromatic carbocycles. The number of unbranched alkanes of at least 4 members (excludes halogenated alkanes) is 1. The fraction of sp³-hybridized carbons (Fsp3) is 0.483. The zero-order chi connectivity index (χ0) is 25.1. The Hall–Kier alpha value is -2.64. The molecular weight excluding hydrogens is 468 g/mol. The number of likely N-dealkylation sites (tertiary alicyclic amines) is 1. The average Bonchev–Trinajstić information content (AvgIpc) is 3.05. The third-order valence-electron chi connectivity index (χ3n) is 7.83. The van der Waals surface area contributed by atoms with Gasteiger partial charge in [-0.3, -0.25) is 19.4 Å². The molecule has 0 bridgehead atoms. The fourth-order valence-electron chi connectivity index (χ4n) is 5.32. The van der Waals surface area contributed by atoms with E-state index in [9.17, 15) is 9.59 Å². The molecule has 0 atom stereocenters. The summed E-state index contributed by atoms with van der Waals surface area (Å²) in [4.78, 5) is 39.1. The number of para-hydroxylation sites is 1. The van der Waals surface area contributed by atoms with Gasteiger partial charge < -0.3 is 4.90 Å². The van der Waals surface area contributed by atoms with Gasteiger partial charge in [-0.25, -0.2) is 4.99 Å². The van der Waals surface area contributed by atoms with Crippen LogP contribution in [0.25, 0.3) is 0 Å². The number of amides is 2. The predicted octanol–water partition coefficient (Wildman–Crippen LogP) is 5.19. The third kappa shape index (κ3) is 5.37.